The quantitative estimate of drug-likeness (QED) is 0.296. The van der Waals surface area contributed by atoms with E-state index in [-0.39, 0.29) is 0 Å². The van der Waals surface area contributed by atoms with E-state index in [1.54, 1.807) is 0 Å². The van der Waals surface area contributed by atoms with Crippen molar-refractivity contribution >= 4 is 14.1 Å². The molecule has 0 saturated heterocycles. The van der Waals surface area contributed by atoms with Crippen molar-refractivity contribution in [3.05, 3.63) is 0 Å². The molecule has 1 nitrogen and oxygen atoms in total. The van der Waals surface area contributed by atoms with Gasteiger partial charge in [-0.3, -0.25) is 0 Å². The van der Waals surface area contributed by atoms with Crippen molar-refractivity contribution in [1.82, 2.24) is 0 Å². The van der Waals surface area contributed by atoms with Crippen molar-refractivity contribution in [2.75, 3.05) is 0 Å². The largest absolute Gasteiger partial charge is 0.303 e. The number of unbranched alkanes of at least 4 members (excludes halogenated alkanes) is 3. The van der Waals surface area contributed by atoms with Crippen LogP contribution in [0, 0.1) is 0 Å². The van der Waals surface area contributed by atoms with Crippen LogP contribution in [0.1, 0.15) is 25.7 Å². The zero-order chi connectivity index (χ0) is 6.24. The van der Waals surface area contributed by atoms with Gasteiger partial charge in [-0.15, -0.1) is 0 Å². The SMILES string of the molecule is [B]CCCCCC=O. The zero-order valence-electron chi connectivity index (χ0n) is 5.10. The number of aldehydes is 1. The third kappa shape index (κ3) is 5.73. The highest BCUT2D eigenvalue weighted by atomic mass is 16.1. The second-order valence-corrected chi connectivity index (χ2v) is 1.80. The van der Waals surface area contributed by atoms with Crippen LogP contribution in [-0.2, 0) is 4.79 Å². The van der Waals surface area contributed by atoms with Gasteiger partial charge in [0.2, 0.25) is 0 Å². The summed E-state index contributed by atoms with van der Waals surface area (Å²) < 4.78 is 0. The molecule has 0 unspecified atom stereocenters. The lowest BCUT2D eigenvalue weighted by Gasteiger charge is -1.90. The molecule has 0 saturated carbocycles. The Morgan fingerprint density at radius 1 is 1.25 bits per heavy atom. The van der Waals surface area contributed by atoms with E-state index in [0.29, 0.717) is 6.42 Å². The first-order chi connectivity index (χ1) is 3.91. The Kier molecular flexibility index (Phi) is 6.51. The van der Waals surface area contributed by atoms with E-state index < -0.39 is 0 Å². The van der Waals surface area contributed by atoms with Crippen LogP contribution >= 0.6 is 0 Å². The molecule has 0 atom stereocenters. The maximum atomic E-state index is 9.74. The molecule has 0 amide bonds. The van der Waals surface area contributed by atoms with Crippen molar-refractivity contribution in [3.63, 3.8) is 0 Å². The maximum absolute atomic E-state index is 9.74. The van der Waals surface area contributed by atoms with Gasteiger partial charge in [0.15, 0.2) is 0 Å². The summed E-state index contributed by atoms with van der Waals surface area (Å²) in [7, 11) is 5.22. The molecule has 0 aliphatic rings. The van der Waals surface area contributed by atoms with Crippen LogP contribution in [0.2, 0.25) is 6.32 Å². The van der Waals surface area contributed by atoms with E-state index in [1.165, 1.54) is 0 Å². The number of carbonyl (C=O) groups is 1. The summed E-state index contributed by atoms with van der Waals surface area (Å²) in [6, 6.07) is 0. The molecule has 0 aromatic rings. The van der Waals surface area contributed by atoms with Crippen molar-refractivity contribution in [2.24, 2.45) is 0 Å². The molecule has 0 aromatic carbocycles. The number of carbonyl (C=O) groups excluding carboxylic acids is 1. The second-order valence-electron chi connectivity index (χ2n) is 1.80. The third-order valence-electron chi connectivity index (χ3n) is 1.03. The predicted octanol–water partition coefficient (Wildman–Crippen LogP) is 1.33. The molecule has 0 rings (SSSR count). The van der Waals surface area contributed by atoms with Gasteiger partial charge < -0.3 is 4.79 Å². The van der Waals surface area contributed by atoms with E-state index in [1.807, 2.05) is 0 Å². The average molecular weight is 110 g/mol. The Morgan fingerprint density at radius 3 is 2.50 bits per heavy atom. The Balaban J connectivity index is 2.62. The van der Waals surface area contributed by atoms with Gasteiger partial charge in [-0.25, -0.2) is 0 Å². The number of hydrogen-bond acceptors (Lipinski definition) is 1. The lowest BCUT2D eigenvalue weighted by molar-refractivity contribution is -0.107. The fraction of sp³-hybridized carbons (Fsp3) is 0.833. The van der Waals surface area contributed by atoms with Crippen LogP contribution in [0.25, 0.3) is 0 Å². The Morgan fingerprint density at radius 2 is 2.00 bits per heavy atom. The summed E-state index contributed by atoms with van der Waals surface area (Å²) >= 11 is 0. The van der Waals surface area contributed by atoms with Gasteiger partial charge in [0.1, 0.15) is 6.29 Å². The smallest absolute Gasteiger partial charge is 0.119 e. The highest BCUT2D eigenvalue weighted by molar-refractivity contribution is 6.08. The molecule has 2 radical (unpaired) electrons. The molecule has 2 heteroatoms. The van der Waals surface area contributed by atoms with Crippen LogP contribution in [0.15, 0.2) is 0 Å². The summed E-state index contributed by atoms with van der Waals surface area (Å²) in [6.45, 7) is 0. The molecule has 0 heterocycles. The average Bonchev–Trinajstić information content (AvgIpc) is 1.81. The monoisotopic (exact) mass is 110 g/mol. The summed E-state index contributed by atoms with van der Waals surface area (Å²) in [5.74, 6) is 0. The van der Waals surface area contributed by atoms with E-state index in [9.17, 15) is 4.79 Å². The van der Waals surface area contributed by atoms with Gasteiger partial charge >= 0.3 is 0 Å². The second kappa shape index (κ2) is 6.73. The van der Waals surface area contributed by atoms with Crippen LogP contribution in [0.4, 0.5) is 0 Å². The molecule has 44 valence electrons. The van der Waals surface area contributed by atoms with Crippen LogP contribution in [0.5, 0.6) is 0 Å². The standard InChI is InChI=1S/C6H11BO/c7-5-3-1-2-4-6-8/h6H,1-5H2. The summed E-state index contributed by atoms with van der Waals surface area (Å²) in [5, 5.41) is 0. The molecule has 0 fully saturated rings. The molecule has 0 aromatic heterocycles. The normalized spacial score (nSPS) is 9.00. The van der Waals surface area contributed by atoms with Gasteiger partial charge in [0.05, 0.1) is 7.85 Å². The molecule has 0 aliphatic heterocycles. The fourth-order valence-electron chi connectivity index (χ4n) is 0.549. The summed E-state index contributed by atoms with van der Waals surface area (Å²) in [5.41, 5.74) is 0. The minimum Gasteiger partial charge on any atom is -0.303 e. The first-order valence-corrected chi connectivity index (χ1v) is 3.05. The molecule has 0 N–H and O–H groups in total. The molecule has 0 spiro atoms. The topological polar surface area (TPSA) is 17.1 Å². The predicted molar refractivity (Wildman–Crippen MR) is 35.1 cm³/mol. The molecule has 8 heavy (non-hydrogen) atoms. The van der Waals surface area contributed by atoms with E-state index in [4.69, 9.17) is 7.85 Å². The van der Waals surface area contributed by atoms with Crippen LogP contribution in [-0.4, -0.2) is 14.1 Å². The van der Waals surface area contributed by atoms with Gasteiger partial charge in [0, 0.05) is 6.42 Å². The maximum Gasteiger partial charge on any atom is 0.119 e. The first kappa shape index (κ1) is 7.73. The third-order valence-corrected chi connectivity index (χ3v) is 1.03. The molecule has 0 bridgehead atoms. The lowest BCUT2D eigenvalue weighted by atomic mass is 9.99. The minimum absolute atomic E-state index is 0.694. The van der Waals surface area contributed by atoms with Gasteiger partial charge in [-0.2, -0.15) is 0 Å². The molecular weight excluding hydrogens is 98.9 g/mol. The van der Waals surface area contributed by atoms with Crippen molar-refractivity contribution in [2.45, 2.75) is 32.0 Å². The zero-order valence-corrected chi connectivity index (χ0v) is 5.10. The van der Waals surface area contributed by atoms with Gasteiger partial charge in [-0.05, 0) is 6.42 Å². The van der Waals surface area contributed by atoms with Crippen molar-refractivity contribution < 1.29 is 4.79 Å². The Bertz CT molecular complexity index is 54.5. The van der Waals surface area contributed by atoms with Crippen molar-refractivity contribution in [1.29, 1.82) is 0 Å². The fourth-order valence-corrected chi connectivity index (χ4v) is 0.549. The summed E-state index contributed by atoms with van der Waals surface area (Å²) in [6.07, 6.45) is 5.54. The highest BCUT2D eigenvalue weighted by Crippen LogP contribution is 1.98. The highest BCUT2D eigenvalue weighted by Gasteiger charge is 1.83. The summed E-state index contributed by atoms with van der Waals surface area (Å²) in [4.78, 5) is 9.74. The Hall–Kier alpha value is -0.265. The van der Waals surface area contributed by atoms with E-state index in [0.717, 1.165) is 31.9 Å². The Labute approximate surface area is 51.9 Å². The first-order valence-electron chi connectivity index (χ1n) is 3.05. The van der Waals surface area contributed by atoms with Gasteiger partial charge in [0.25, 0.3) is 0 Å². The van der Waals surface area contributed by atoms with Crippen LogP contribution in [0.3, 0.4) is 0 Å². The van der Waals surface area contributed by atoms with Crippen molar-refractivity contribution in [3.8, 4) is 0 Å². The number of rotatable bonds is 5. The van der Waals surface area contributed by atoms with Crippen LogP contribution < -0.4 is 0 Å². The minimum atomic E-state index is 0.694. The lowest BCUT2D eigenvalue weighted by Crippen LogP contribution is -1.77. The van der Waals surface area contributed by atoms with Gasteiger partial charge in [-0.1, -0.05) is 19.2 Å². The molecule has 0 aliphatic carbocycles. The van der Waals surface area contributed by atoms with E-state index in [2.05, 4.69) is 0 Å². The van der Waals surface area contributed by atoms with E-state index >= 15 is 0 Å². The molecular formula is C6H11BO. The number of hydrogen-bond donors (Lipinski definition) is 0.